The van der Waals surface area contributed by atoms with Crippen molar-refractivity contribution in [2.75, 3.05) is 13.2 Å². The lowest BCUT2D eigenvalue weighted by Crippen LogP contribution is -2.09. The average molecular weight is 213 g/mol. The van der Waals surface area contributed by atoms with Crippen LogP contribution in [0.4, 0.5) is 4.39 Å². The van der Waals surface area contributed by atoms with Gasteiger partial charge in [0.2, 0.25) is 0 Å². The van der Waals surface area contributed by atoms with Crippen molar-refractivity contribution in [1.82, 2.24) is 0 Å². The molecule has 0 saturated heterocycles. The van der Waals surface area contributed by atoms with Crippen molar-refractivity contribution in [2.24, 2.45) is 5.73 Å². The minimum absolute atomic E-state index is 0.164. The number of carboxylic acid groups (broad SMARTS) is 1. The highest BCUT2D eigenvalue weighted by molar-refractivity contribution is 5.90. The second-order valence-electron chi connectivity index (χ2n) is 2.94. The standard InChI is InChI=1S/C10H12FNO3/c11-7-2-3-9(15-5-1-4-12)8(6-7)10(13)14/h2-3,6H,1,4-5,12H2,(H,13,14). The molecule has 0 amide bonds. The van der Waals surface area contributed by atoms with E-state index in [9.17, 15) is 9.18 Å². The van der Waals surface area contributed by atoms with Crippen LogP contribution in [0, 0.1) is 5.82 Å². The minimum Gasteiger partial charge on any atom is -0.493 e. The van der Waals surface area contributed by atoms with Crippen LogP contribution in [0.2, 0.25) is 0 Å². The van der Waals surface area contributed by atoms with E-state index in [1.165, 1.54) is 6.07 Å². The van der Waals surface area contributed by atoms with E-state index < -0.39 is 11.8 Å². The number of benzene rings is 1. The van der Waals surface area contributed by atoms with E-state index in [0.29, 0.717) is 19.6 Å². The van der Waals surface area contributed by atoms with Crippen LogP contribution in [-0.4, -0.2) is 24.2 Å². The molecule has 0 aliphatic rings. The number of carbonyl (C=O) groups is 1. The molecule has 0 fully saturated rings. The molecule has 0 aromatic heterocycles. The highest BCUT2D eigenvalue weighted by Gasteiger charge is 2.12. The quantitative estimate of drug-likeness (QED) is 0.722. The summed E-state index contributed by atoms with van der Waals surface area (Å²) in [4.78, 5) is 10.7. The number of carboxylic acids is 1. The molecule has 1 aromatic rings. The summed E-state index contributed by atoms with van der Waals surface area (Å²) in [6.07, 6.45) is 0.621. The molecule has 82 valence electrons. The van der Waals surface area contributed by atoms with Crippen LogP contribution in [0.1, 0.15) is 16.8 Å². The fourth-order valence-electron chi connectivity index (χ4n) is 1.06. The number of aromatic carboxylic acids is 1. The van der Waals surface area contributed by atoms with E-state index in [1.54, 1.807) is 0 Å². The number of hydrogen-bond acceptors (Lipinski definition) is 3. The van der Waals surface area contributed by atoms with Gasteiger partial charge in [-0.25, -0.2) is 9.18 Å². The van der Waals surface area contributed by atoms with Gasteiger partial charge >= 0.3 is 5.97 Å². The first-order valence-corrected chi connectivity index (χ1v) is 4.51. The molecule has 0 heterocycles. The van der Waals surface area contributed by atoms with Gasteiger partial charge in [0.25, 0.3) is 0 Å². The van der Waals surface area contributed by atoms with Crippen LogP contribution in [0.5, 0.6) is 5.75 Å². The summed E-state index contributed by atoms with van der Waals surface area (Å²) in [5.74, 6) is -1.65. The molecule has 0 atom stereocenters. The third-order valence-electron chi connectivity index (χ3n) is 1.78. The highest BCUT2D eigenvalue weighted by atomic mass is 19.1. The topological polar surface area (TPSA) is 72.5 Å². The number of ether oxygens (including phenoxy) is 1. The Morgan fingerprint density at radius 2 is 2.27 bits per heavy atom. The maximum absolute atomic E-state index is 12.8. The molecule has 4 nitrogen and oxygen atoms in total. The van der Waals surface area contributed by atoms with Gasteiger partial charge < -0.3 is 15.6 Å². The van der Waals surface area contributed by atoms with Gasteiger partial charge in [-0.1, -0.05) is 0 Å². The monoisotopic (exact) mass is 213 g/mol. The van der Waals surface area contributed by atoms with E-state index >= 15 is 0 Å². The molecule has 0 aliphatic carbocycles. The summed E-state index contributed by atoms with van der Waals surface area (Å²) in [6.45, 7) is 0.784. The molecule has 0 bridgehead atoms. The molecule has 0 saturated carbocycles. The molecule has 0 radical (unpaired) electrons. The Kier molecular flexibility index (Phi) is 4.05. The van der Waals surface area contributed by atoms with Crippen molar-refractivity contribution in [3.8, 4) is 5.75 Å². The Bertz CT molecular complexity index is 355. The zero-order valence-electron chi connectivity index (χ0n) is 8.07. The molecule has 1 rings (SSSR count). The SMILES string of the molecule is NCCCOc1ccc(F)cc1C(=O)O. The number of hydrogen-bond donors (Lipinski definition) is 2. The maximum Gasteiger partial charge on any atom is 0.339 e. The molecule has 0 aliphatic heterocycles. The molecular formula is C10H12FNO3. The van der Waals surface area contributed by atoms with Crippen molar-refractivity contribution < 1.29 is 19.0 Å². The van der Waals surface area contributed by atoms with Crippen LogP contribution in [0.3, 0.4) is 0 Å². The van der Waals surface area contributed by atoms with Crippen LogP contribution in [0.25, 0.3) is 0 Å². The number of nitrogens with two attached hydrogens (primary N) is 1. The van der Waals surface area contributed by atoms with E-state index in [0.717, 1.165) is 12.1 Å². The van der Waals surface area contributed by atoms with Crippen LogP contribution in [0.15, 0.2) is 18.2 Å². The molecule has 0 spiro atoms. The average Bonchev–Trinajstić information content (AvgIpc) is 2.20. The summed E-state index contributed by atoms with van der Waals surface area (Å²) in [7, 11) is 0. The summed E-state index contributed by atoms with van der Waals surface area (Å²) in [5, 5.41) is 8.78. The fourth-order valence-corrected chi connectivity index (χ4v) is 1.06. The summed E-state index contributed by atoms with van der Waals surface area (Å²) < 4.78 is 17.9. The summed E-state index contributed by atoms with van der Waals surface area (Å²) in [5.41, 5.74) is 5.08. The second-order valence-corrected chi connectivity index (χ2v) is 2.94. The van der Waals surface area contributed by atoms with Gasteiger partial charge in [0, 0.05) is 0 Å². The van der Waals surface area contributed by atoms with E-state index in [-0.39, 0.29) is 11.3 Å². The lowest BCUT2D eigenvalue weighted by atomic mass is 10.2. The van der Waals surface area contributed by atoms with Crippen LogP contribution < -0.4 is 10.5 Å². The van der Waals surface area contributed by atoms with Crippen molar-refractivity contribution >= 4 is 5.97 Å². The largest absolute Gasteiger partial charge is 0.493 e. The maximum atomic E-state index is 12.8. The molecule has 3 N–H and O–H groups in total. The molecule has 15 heavy (non-hydrogen) atoms. The summed E-state index contributed by atoms with van der Waals surface area (Å²) in [6, 6.07) is 3.39. The van der Waals surface area contributed by atoms with E-state index in [1.807, 2.05) is 0 Å². The van der Waals surface area contributed by atoms with Crippen molar-refractivity contribution in [3.05, 3.63) is 29.6 Å². The lowest BCUT2D eigenvalue weighted by molar-refractivity contribution is 0.0691. The Labute approximate surface area is 86.5 Å². The number of rotatable bonds is 5. The van der Waals surface area contributed by atoms with Gasteiger partial charge in [-0.3, -0.25) is 0 Å². The molecule has 1 aromatic carbocycles. The number of halogens is 1. The lowest BCUT2D eigenvalue weighted by Gasteiger charge is -2.08. The fraction of sp³-hybridized carbons (Fsp3) is 0.300. The van der Waals surface area contributed by atoms with Gasteiger partial charge in [0.1, 0.15) is 17.1 Å². The van der Waals surface area contributed by atoms with Gasteiger partial charge in [0.15, 0.2) is 0 Å². The third kappa shape index (κ3) is 3.21. The zero-order valence-corrected chi connectivity index (χ0v) is 8.07. The first-order valence-electron chi connectivity index (χ1n) is 4.51. The van der Waals surface area contributed by atoms with Crippen LogP contribution in [-0.2, 0) is 0 Å². The van der Waals surface area contributed by atoms with Crippen molar-refractivity contribution in [2.45, 2.75) is 6.42 Å². The van der Waals surface area contributed by atoms with Crippen molar-refractivity contribution in [1.29, 1.82) is 0 Å². The van der Waals surface area contributed by atoms with Gasteiger partial charge in [-0.05, 0) is 31.2 Å². The van der Waals surface area contributed by atoms with E-state index in [2.05, 4.69) is 0 Å². The minimum atomic E-state index is -1.21. The van der Waals surface area contributed by atoms with Gasteiger partial charge in [-0.2, -0.15) is 0 Å². The third-order valence-corrected chi connectivity index (χ3v) is 1.78. The smallest absolute Gasteiger partial charge is 0.339 e. The highest BCUT2D eigenvalue weighted by Crippen LogP contribution is 2.19. The Morgan fingerprint density at radius 3 is 2.87 bits per heavy atom. The Morgan fingerprint density at radius 1 is 1.53 bits per heavy atom. The van der Waals surface area contributed by atoms with Gasteiger partial charge in [-0.15, -0.1) is 0 Å². The predicted molar refractivity (Wildman–Crippen MR) is 52.5 cm³/mol. The zero-order chi connectivity index (χ0) is 11.3. The first kappa shape index (κ1) is 11.5. The Balaban J connectivity index is 2.81. The Hall–Kier alpha value is -1.62. The molecule has 0 unspecified atom stereocenters. The predicted octanol–water partition coefficient (Wildman–Crippen LogP) is 1.25. The first-order chi connectivity index (χ1) is 7.15. The summed E-state index contributed by atoms with van der Waals surface area (Å²) >= 11 is 0. The van der Waals surface area contributed by atoms with Crippen molar-refractivity contribution in [3.63, 3.8) is 0 Å². The van der Waals surface area contributed by atoms with E-state index in [4.69, 9.17) is 15.6 Å². The van der Waals surface area contributed by atoms with Crippen LogP contribution >= 0.6 is 0 Å². The van der Waals surface area contributed by atoms with Gasteiger partial charge in [0.05, 0.1) is 6.61 Å². The second kappa shape index (κ2) is 5.31. The molecule has 5 heteroatoms. The normalized spacial score (nSPS) is 10.0. The molecular weight excluding hydrogens is 201 g/mol.